The zero-order chi connectivity index (χ0) is 9.54. The Morgan fingerprint density at radius 1 is 1.14 bits per heavy atom. The highest BCUT2D eigenvalue weighted by Crippen LogP contribution is 2.39. The molecule has 0 N–H and O–H groups in total. The molecule has 1 atom stereocenters. The van der Waals surface area contributed by atoms with Crippen LogP contribution in [0.3, 0.4) is 0 Å². The molecule has 3 fully saturated rings. The topological polar surface area (TPSA) is 3.24 Å². The van der Waals surface area contributed by atoms with Crippen molar-refractivity contribution in [3.63, 3.8) is 0 Å². The minimum absolute atomic E-state index is 0.827. The summed E-state index contributed by atoms with van der Waals surface area (Å²) in [5, 5.41) is 0. The third-order valence-electron chi connectivity index (χ3n) is 3.61. The molecule has 14 heavy (non-hydrogen) atoms. The lowest BCUT2D eigenvalue weighted by atomic mass is 9.75. The van der Waals surface area contributed by atoms with Crippen LogP contribution < -0.4 is 0 Å². The van der Waals surface area contributed by atoms with E-state index in [9.17, 15) is 0 Å². The Morgan fingerprint density at radius 2 is 1.86 bits per heavy atom. The van der Waals surface area contributed by atoms with Gasteiger partial charge in [0.1, 0.15) is 0 Å². The van der Waals surface area contributed by atoms with Crippen molar-refractivity contribution in [3.8, 4) is 0 Å². The van der Waals surface area contributed by atoms with Gasteiger partial charge in [-0.25, -0.2) is 0 Å². The monoisotopic (exact) mass is 251 g/mol. The maximum Gasteiger partial charge on any atom is 0.0175 e. The van der Waals surface area contributed by atoms with Crippen LogP contribution in [0.1, 0.15) is 17.9 Å². The first kappa shape index (κ1) is 8.93. The van der Waals surface area contributed by atoms with E-state index in [0.29, 0.717) is 0 Å². The summed E-state index contributed by atoms with van der Waals surface area (Å²) in [6, 6.07) is 8.90. The number of halogens is 1. The van der Waals surface area contributed by atoms with Crippen LogP contribution in [0.5, 0.6) is 0 Å². The normalized spacial score (nSPS) is 35.1. The second kappa shape index (κ2) is 3.35. The fraction of sp³-hybridized carbons (Fsp3) is 0.500. The predicted molar refractivity (Wildman–Crippen MR) is 61.4 cm³/mol. The van der Waals surface area contributed by atoms with E-state index in [2.05, 4.69) is 45.1 Å². The largest absolute Gasteiger partial charge is 0.303 e. The maximum atomic E-state index is 3.49. The molecule has 74 valence electrons. The minimum atomic E-state index is 0.827. The van der Waals surface area contributed by atoms with Crippen LogP contribution in [-0.4, -0.2) is 24.5 Å². The molecule has 1 nitrogen and oxygen atoms in total. The fourth-order valence-electron chi connectivity index (χ4n) is 2.75. The third-order valence-corrected chi connectivity index (χ3v) is 4.14. The molecule has 2 bridgehead atoms. The Balaban J connectivity index is 1.83. The molecule has 1 aromatic carbocycles. The molecule has 0 spiro atoms. The van der Waals surface area contributed by atoms with Crippen molar-refractivity contribution >= 4 is 15.9 Å². The van der Waals surface area contributed by atoms with Gasteiger partial charge in [-0.3, -0.25) is 0 Å². The summed E-state index contributed by atoms with van der Waals surface area (Å²) in [6.07, 6.45) is 1.35. The number of fused-ring (bicyclic) bond motifs is 2. The van der Waals surface area contributed by atoms with Crippen LogP contribution in [0.2, 0.25) is 0 Å². The van der Waals surface area contributed by atoms with Crippen LogP contribution in [0, 0.1) is 5.92 Å². The molecule has 0 saturated carbocycles. The average molecular weight is 252 g/mol. The van der Waals surface area contributed by atoms with Crippen molar-refractivity contribution in [2.24, 2.45) is 5.92 Å². The highest BCUT2D eigenvalue weighted by Gasteiger charge is 2.38. The molecular weight excluding hydrogens is 238 g/mol. The smallest absolute Gasteiger partial charge is 0.0175 e. The molecule has 1 unspecified atom stereocenters. The Kier molecular flexibility index (Phi) is 2.14. The number of hydrogen-bond donors (Lipinski definition) is 0. The summed E-state index contributed by atoms with van der Waals surface area (Å²) in [5.41, 5.74) is 1.54. The van der Waals surface area contributed by atoms with Crippen LogP contribution in [0.15, 0.2) is 28.7 Å². The minimum Gasteiger partial charge on any atom is -0.303 e. The summed E-state index contributed by atoms with van der Waals surface area (Å²) in [5.74, 6) is 1.76. The van der Waals surface area contributed by atoms with Crippen LogP contribution in [0.4, 0.5) is 0 Å². The van der Waals surface area contributed by atoms with E-state index >= 15 is 0 Å². The Labute approximate surface area is 93.2 Å². The number of benzene rings is 1. The molecule has 3 aliphatic rings. The second-order valence-electron chi connectivity index (χ2n) is 4.47. The van der Waals surface area contributed by atoms with E-state index in [-0.39, 0.29) is 0 Å². The molecular formula is C12H14BrN. The molecule has 3 heterocycles. The lowest BCUT2D eigenvalue weighted by Crippen LogP contribution is -2.54. The van der Waals surface area contributed by atoms with Crippen molar-refractivity contribution < 1.29 is 0 Å². The fourth-order valence-corrected chi connectivity index (χ4v) is 3.02. The van der Waals surface area contributed by atoms with Gasteiger partial charge in [0, 0.05) is 17.6 Å². The lowest BCUT2D eigenvalue weighted by molar-refractivity contribution is 0.0286. The van der Waals surface area contributed by atoms with Gasteiger partial charge >= 0.3 is 0 Å². The van der Waals surface area contributed by atoms with Crippen molar-refractivity contribution in [3.05, 3.63) is 34.3 Å². The van der Waals surface area contributed by atoms with E-state index in [1.165, 1.54) is 36.1 Å². The van der Waals surface area contributed by atoms with Gasteiger partial charge in [0.2, 0.25) is 0 Å². The van der Waals surface area contributed by atoms with Gasteiger partial charge in [0.05, 0.1) is 0 Å². The summed E-state index contributed by atoms with van der Waals surface area (Å²) in [6.45, 7) is 3.97. The van der Waals surface area contributed by atoms with Crippen molar-refractivity contribution in [2.75, 3.05) is 19.6 Å². The summed E-state index contributed by atoms with van der Waals surface area (Å²) in [7, 11) is 0. The van der Waals surface area contributed by atoms with Gasteiger partial charge in [-0.2, -0.15) is 0 Å². The van der Waals surface area contributed by atoms with Gasteiger partial charge in [-0.05, 0) is 42.5 Å². The van der Waals surface area contributed by atoms with Gasteiger partial charge in [0.15, 0.2) is 0 Å². The van der Waals surface area contributed by atoms with Crippen molar-refractivity contribution in [2.45, 2.75) is 12.3 Å². The molecule has 1 aromatic rings. The van der Waals surface area contributed by atoms with Gasteiger partial charge in [0.25, 0.3) is 0 Å². The van der Waals surface area contributed by atoms with E-state index in [0.717, 1.165) is 11.8 Å². The van der Waals surface area contributed by atoms with E-state index in [1.54, 1.807) is 0 Å². The van der Waals surface area contributed by atoms with E-state index in [4.69, 9.17) is 0 Å². The Morgan fingerprint density at radius 3 is 2.43 bits per heavy atom. The van der Waals surface area contributed by atoms with E-state index < -0.39 is 0 Å². The van der Waals surface area contributed by atoms with Crippen LogP contribution >= 0.6 is 15.9 Å². The Bertz CT molecular complexity index is 324. The van der Waals surface area contributed by atoms with Gasteiger partial charge < -0.3 is 4.90 Å². The van der Waals surface area contributed by atoms with Gasteiger partial charge in [-0.15, -0.1) is 0 Å². The predicted octanol–water partition coefficient (Wildman–Crippen LogP) is 2.87. The van der Waals surface area contributed by atoms with Crippen LogP contribution in [0.25, 0.3) is 0 Å². The summed E-state index contributed by atoms with van der Waals surface area (Å²) in [4.78, 5) is 2.56. The van der Waals surface area contributed by atoms with Crippen LogP contribution in [-0.2, 0) is 0 Å². The first-order valence-corrected chi connectivity index (χ1v) is 6.10. The van der Waals surface area contributed by atoms with Crippen molar-refractivity contribution in [1.29, 1.82) is 0 Å². The zero-order valence-electron chi connectivity index (χ0n) is 8.12. The molecule has 0 radical (unpaired) electrons. The number of nitrogens with zero attached hydrogens (tertiary/aromatic N) is 1. The zero-order valence-corrected chi connectivity index (χ0v) is 9.70. The van der Waals surface area contributed by atoms with E-state index in [1.807, 2.05) is 0 Å². The SMILES string of the molecule is Brc1ccc(C2CCN3CC2C3)cc1. The molecule has 0 amide bonds. The van der Waals surface area contributed by atoms with Gasteiger partial charge in [-0.1, -0.05) is 28.1 Å². The number of rotatable bonds is 1. The second-order valence-corrected chi connectivity index (χ2v) is 5.38. The average Bonchev–Trinajstić information content (AvgIpc) is 2.18. The first-order chi connectivity index (χ1) is 6.83. The molecule has 4 rings (SSSR count). The molecule has 0 aromatic heterocycles. The highest BCUT2D eigenvalue weighted by atomic mass is 79.9. The molecule has 3 aliphatic heterocycles. The Hall–Kier alpha value is -0.340. The number of piperidine rings is 2. The molecule has 2 heteroatoms. The maximum absolute atomic E-state index is 3.49. The first-order valence-electron chi connectivity index (χ1n) is 5.31. The molecule has 0 aliphatic carbocycles. The quantitative estimate of drug-likeness (QED) is 0.742. The number of hydrogen-bond acceptors (Lipinski definition) is 1. The molecule has 3 saturated heterocycles. The summed E-state index contributed by atoms with van der Waals surface area (Å²) < 4.78 is 1.19. The highest BCUT2D eigenvalue weighted by molar-refractivity contribution is 9.10. The third kappa shape index (κ3) is 1.41. The lowest BCUT2D eigenvalue weighted by Gasteiger charge is -2.49. The summed E-state index contributed by atoms with van der Waals surface area (Å²) >= 11 is 3.49. The standard InChI is InChI=1S/C12H14BrN/c13-11-3-1-9(2-4-11)12-5-6-14-7-10(12)8-14/h1-4,10,12H,5-8H2. The van der Waals surface area contributed by atoms with Crippen molar-refractivity contribution in [1.82, 2.24) is 4.90 Å².